The number of alkyl halides is 1. The summed E-state index contributed by atoms with van der Waals surface area (Å²) in [7, 11) is 0. The summed E-state index contributed by atoms with van der Waals surface area (Å²) in [6.07, 6.45) is -2.05. The number of ether oxygens (including phenoxy) is 1. The number of benzene rings is 1. The Hall–Kier alpha value is -1.71. The monoisotopic (exact) mass is 266 g/mol. The van der Waals surface area contributed by atoms with Crippen molar-refractivity contribution >= 4 is 11.6 Å². The number of rotatable bonds is 7. The van der Waals surface area contributed by atoms with Crippen LogP contribution >= 0.6 is 0 Å². The predicted molar refractivity (Wildman–Crippen MR) is 71.3 cm³/mol. The predicted octanol–water partition coefficient (Wildman–Crippen LogP) is 3.22. The zero-order valence-electron chi connectivity index (χ0n) is 11.5. The van der Waals surface area contributed by atoms with Crippen LogP contribution in [0.3, 0.4) is 0 Å². The number of para-hydroxylation sites is 1. The van der Waals surface area contributed by atoms with Crippen LogP contribution in [0.1, 0.15) is 37.6 Å². The van der Waals surface area contributed by atoms with Gasteiger partial charge in [0, 0.05) is 6.42 Å². The molecule has 0 heterocycles. The second-order valence-corrected chi connectivity index (χ2v) is 4.72. The Morgan fingerprint density at radius 3 is 2.47 bits per heavy atom. The van der Waals surface area contributed by atoms with Crippen molar-refractivity contribution in [2.24, 2.45) is 5.92 Å². The molecule has 0 fully saturated rings. The lowest BCUT2D eigenvalue weighted by atomic mass is 9.98. The van der Waals surface area contributed by atoms with Crippen molar-refractivity contribution < 1.29 is 18.7 Å². The van der Waals surface area contributed by atoms with E-state index in [1.807, 2.05) is 13.8 Å². The van der Waals surface area contributed by atoms with E-state index < -0.39 is 17.7 Å². The van der Waals surface area contributed by atoms with Crippen molar-refractivity contribution in [3.63, 3.8) is 0 Å². The first-order valence-corrected chi connectivity index (χ1v) is 6.40. The molecule has 0 amide bonds. The summed E-state index contributed by atoms with van der Waals surface area (Å²) >= 11 is 0. The van der Waals surface area contributed by atoms with Gasteiger partial charge in [-0.25, -0.2) is 4.39 Å². The Kier molecular flexibility index (Phi) is 5.67. The first-order chi connectivity index (χ1) is 8.97. The summed E-state index contributed by atoms with van der Waals surface area (Å²) in [4.78, 5) is 23.6. The molecule has 0 aromatic heterocycles. The molecule has 0 aliphatic rings. The van der Waals surface area contributed by atoms with Gasteiger partial charge in [0.05, 0.1) is 12.2 Å². The van der Waals surface area contributed by atoms with Crippen molar-refractivity contribution in [3.05, 3.63) is 29.8 Å². The summed E-state index contributed by atoms with van der Waals surface area (Å²) in [6.45, 7) is 5.77. The number of hydrogen-bond donors (Lipinski definition) is 0. The lowest BCUT2D eigenvalue weighted by Gasteiger charge is -2.12. The van der Waals surface area contributed by atoms with Gasteiger partial charge >= 0.3 is 0 Å². The molecule has 1 aromatic rings. The molecule has 1 rings (SSSR count). The van der Waals surface area contributed by atoms with Crippen LogP contribution in [0.5, 0.6) is 5.75 Å². The fourth-order valence-electron chi connectivity index (χ4n) is 1.74. The molecular formula is C15H19FO3. The van der Waals surface area contributed by atoms with Crippen molar-refractivity contribution in [2.45, 2.75) is 33.4 Å². The topological polar surface area (TPSA) is 43.4 Å². The highest BCUT2D eigenvalue weighted by molar-refractivity contribution is 6.14. The van der Waals surface area contributed by atoms with Gasteiger partial charge in [0.1, 0.15) is 5.75 Å². The average Bonchev–Trinajstić information content (AvgIpc) is 2.37. The molecule has 4 heteroatoms. The zero-order chi connectivity index (χ0) is 14.4. The molecule has 0 aliphatic carbocycles. The minimum Gasteiger partial charge on any atom is -0.493 e. The maximum absolute atomic E-state index is 13.9. The van der Waals surface area contributed by atoms with E-state index in [2.05, 4.69) is 0 Å². The first kappa shape index (κ1) is 15.3. The molecule has 0 spiro atoms. The van der Waals surface area contributed by atoms with Crippen LogP contribution in [-0.4, -0.2) is 24.3 Å². The molecule has 0 saturated carbocycles. The zero-order valence-corrected chi connectivity index (χ0v) is 11.5. The number of halogens is 1. The Morgan fingerprint density at radius 2 is 1.89 bits per heavy atom. The van der Waals surface area contributed by atoms with Crippen molar-refractivity contribution in [1.82, 2.24) is 0 Å². The SMILES string of the molecule is CCOc1ccccc1C(=O)C(F)C(=O)CC(C)C. The van der Waals surface area contributed by atoms with Gasteiger partial charge in [-0.1, -0.05) is 26.0 Å². The fraction of sp³-hybridized carbons (Fsp3) is 0.467. The molecule has 0 saturated heterocycles. The van der Waals surface area contributed by atoms with Crippen LogP contribution in [0.15, 0.2) is 24.3 Å². The molecule has 1 unspecified atom stereocenters. The van der Waals surface area contributed by atoms with Crippen LogP contribution in [0.25, 0.3) is 0 Å². The molecule has 1 aromatic carbocycles. The number of hydrogen-bond acceptors (Lipinski definition) is 3. The van der Waals surface area contributed by atoms with Gasteiger partial charge in [-0.3, -0.25) is 9.59 Å². The third-order valence-corrected chi connectivity index (χ3v) is 2.57. The van der Waals surface area contributed by atoms with Crippen molar-refractivity contribution in [3.8, 4) is 5.75 Å². The lowest BCUT2D eigenvalue weighted by Crippen LogP contribution is -2.27. The van der Waals surface area contributed by atoms with Gasteiger partial charge in [0.15, 0.2) is 5.78 Å². The third-order valence-electron chi connectivity index (χ3n) is 2.57. The number of carbonyl (C=O) groups excluding carboxylic acids is 2. The molecule has 3 nitrogen and oxygen atoms in total. The van der Waals surface area contributed by atoms with Crippen molar-refractivity contribution in [1.29, 1.82) is 0 Å². The van der Waals surface area contributed by atoms with E-state index in [-0.39, 0.29) is 17.9 Å². The van der Waals surface area contributed by atoms with Crippen LogP contribution in [0, 0.1) is 5.92 Å². The molecule has 0 radical (unpaired) electrons. The number of ketones is 2. The summed E-state index contributed by atoms with van der Waals surface area (Å²) in [5.74, 6) is -1.16. The van der Waals surface area contributed by atoms with Crippen LogP contribution in [0.4, 0.5) is 4.39 Å². The Morgan fingerprint density at radius 1 is 1.26 bits per heavy atom. The lowest BCUT2D eigenvalue weighted by molar-refractivity contribution is -0.122. The van der Waals surface area contributed by atoms with E-state index in [4.69, 9.17) is 4.74 Å². The van der Waals surface area contributed by atoms with E-state index in [1.165, 1.54) is 6.07 Å². The molecule has 0 bridgehead atoms. The standard InChI is InChI=1S/C15H19FO3/c1-4-19-13-8-6-5-7-11(13)15(18)14(16)12(17)9-10(2)3/h5-8,10,14H,4,9H2,1-3H3. The highest BCUT2D eigenvalue weighted by atomic mass is 19.1. The molecule has 104 valence electrons. The van der Waals surface area contributed by atoms with E-state index in [9.17, 15) is 14.0 Å². The summed E-state index contributed by atoms with van der Waals surface area (Å²) in [5, 5.41) is 0. The second-order valence-electron chi connectivity index (χ2n) is 4.72. The van der Waals surface area contributed by atoms with Gasteiger partial charge in [0.2, 0.25) is 12.0 Å². The van der Waals surface area contributed by atoms with Gasteiger partial charge in [-0.15, -0.1) is 0 Å². The van der Waals surface area contributed by atoms with Gasteiger partial charge < -0.3 is 4.74 Å². The van der Waals surface area contributed by atoms with E-state index in [0.717, 1.165) is 0 Å². The molecule has 0 N–H and O–H groups in total. The average molecular weight is 266 g/mol. The summed E-state index contributed by atoms with van der Waals surface area (Å²) in [5.41, 5.74) is 0.119. The maximum Gasteiger partial charge on any atom is 0.221 e. The normalized spacial score (nSPS) is 12.3. The van der Waals surface area contributed by atoms with E-state index in [1.54, 1.807) is 25.1 Å². The number of Topliss-reactive ketones (excluding diaryl/α,β-unsaturated/α-hetero) is 2. The van der Waals surface area contributed by atoms with Gasteiger partial charge in [0.25, 0.3) is 0 Å². The van der Waals surface area contributed by atoms with Crippen molar-refractivity contribution in [2.75, 3.05) is 6.61 Å². The van der Waals surface area contributed by atoms with E-state index in [0.29, 0.717) is 12.4 Å². The Balaban J connectivity index is 2.90. The van der Waals surface area contributed by atoms with Crippen LogP contribution < -0.4 is 4.74 Å². The maximum atomic E-state index is 13.9. The largest absolute Gasteiger partial charge is 0.493 e. The first-order valence-electron chi connectivity index (χ1n) is 6.40. The molecular weight excluding hydrogens is 247 g/mol. The minimum atomic E-state index is -2.11. The Labute approximate surface area is 112 Å². The quantitative estimate of drug-likeness (QED) is 0.562. The molecule has 1 atom stereocenters. The second kappa shape index (κ2) is 7.02. The highest BCUT2D eigenvalue weighted by Crippen LogP contribution is 2.21. The van der Waals surface area contributed by atoms with Gasteiger partial charge in [-0.2, -0.15) is 0 Å². The van der Waals surface area contributed by atoms with Crippen LogP contribution in [0.2, 0.25) is 0 Å². The Bertz CT molecular complexity index is 454. The summed E-state index contributed by atoms with van der Waals surface area (Å²) in [6, 6.07) is 6.39. The minimum absolute atomic E-state index is 0.0284. The van der Waals surface area contributed by atoms with E-state index >= 15 is 0 Å². The highest BCUT2D eigenvalue weighted by Gasteiger charge is 2.29. The van der Waals surface area contributed by atoms with Crippen LogP contribution in [-0.2, 0) is 4.79 Å². The molecule has 19 heavy (non-hydrogen) atoms. The summed E-state index contributed by atoms with van der Waals surface area (Å²) < 4.78 is 19.2. The number of carbonyl (C=O) groups is 2. The smallest absolute Gasteiger partial charge is 0.221 e. The third kappa shape index (κ3) is 4.16. The fourth-order valence-corrected chi connectivity index (χ4v) is 1.74. The molecule has 0 aliphatic heterocycles. The van der Waals surface area contributed by atoms with Gasteiger partial charge in [-0.05, 0) is 25.0 Å².